The van der Waals surface area contributed by atoms with E-state index in [0.717, 1.165) is 0 Å². The maximum absolute atomic E-state index is 9.92. The minimum atomic E-state index is -1.75. The molecule has 0 aliphatic rings. The van der Waals surface area contributed by atoms with Gasteiger partial charge in [-0.1, -0.05) is 0 Å². The predicted octanol–water partition coefficient (Wildman–Crippen LogP) is -7.32. The fourth-order valence-corrected chi connectivity index (χ4v) is 1.20. The second kappa shape index (κ2) is 22.1. The van der Waals surface area contributed by atoms with Crippen molar-refractivity contribution in [2.45, 2.75) is 37.6 Å². The fraction of sp³-hybridized carbons (Fsp3) is 0.500. The van der Waals surface area contributed by atoms with E-state index in [0.29, 0.717) is 0 Å². The van der Waals surface area contributed by atoms with Crippen LogP contribution in [-0.4, -0.2) is 66.9 Å². The van der Waals surface area contributed by atoms with E-state index in [9.17, 15) is 44.1 Å². The summed E-state index contributed by atoms with van der Waals surface area (Å²) in [6.07, 6.45) is -6.94. The SMILES string of the molecule is O=C([S-])CC(O)C(=O)[O-].O=C([S-])CC(O)C(=O)[O-].O=C([S-])CC(O)C(=O)[O-].[Au+3].[Au+3]. The first-order chi connectivity index (χ1) is 12.1. The zero-order valence-corrected chi connectivity index (χ0v) is 20.5. The molecule has 0 rings (SSSR count). The molecule has 3 atom stereocenters. The first-order valence-corrected chi connectivity index (χ1v) is 7.60. The fourth-order valence-electron chi connectivity index (χ4n) is 0.724. The Morgan fingerprint density at radius 2 is 0.690 bits per heavy atom. The first kappa shape index (κ1) is 39.0. The van der Waals surface area contributed by atoms with Crippen molar-refractivity contribution in [3.63, 3.8) is 0 Å². The van der Waals surface area contributed by atoms with Gasteiger partial charge >= 0.3 is 44.8 Å². The van der Waals surface area contributed by atoms with Crippen molar-refractivity contribution < 1.29 is 104 Å². The van der Waals surface area contributed by atoms with Gasteiger partial charge in [-0.3, -0.25) is 0 Å². The Bertz CT molecular complexity index is 484. The van der Waals surface area contributed by atoms with E-state index in [-0.39, 0.29) is 44.8 Å². The molecule has 0 aromatic rings. The van der Waals surface area contributed by atoms with Crippen LogP contribution in [0.2, 0.25) is 0 Å². The molecule has 172 valence electrons. The molecule has 0 aromatic heterocycles. The van der Waals surface area contributed by atoms with Crippen LogP contribution in [0.25, 0.3) is 0 Å². The van der Waals surface area contributed by atoms with Gasteiger partial charge in [0.15, 0.2) is 0 Å². The Morgan fingerprint density at radius 1 is 0.552 bits per heavy atom. The van der Waals surface area contributed by atoms with E-state index in [1.807, 2.05) is 0 Å². The van der Waals surface area contributed by atoms with Crippen molar-refractivity contribution in [3.05, 3.63) is 0 Å². The quantitative estimate of drug-likeness (QED) is 0.145. The number of rotatable bonds is 9. The molecule has 0 fully saturated rings. The van der Waals surface area contributed by atoms with Gasteiger partial charge in [0.1, 0.15) is 0 Å². The van der Waals surface area contributed by atoms with Crippen LogP contribution in [0.4, 0.5) is 0 Å². The van der Waals surface area contributed by atoms with Gasteiger partial charge < -0.3 is 97.3 Å². The van der Waals surface area contributed by atoms with Crippen LogP contribution >= 0.6 is 0 Å². The van der Waals surface area contributed by atoms with Crippen molar-refractivity contribution in [1.82, 2.24) is 0 Å². The number of carboxylic acid groups (broad SMARTS) is 3. The summed E-state index contributed by atoms with van der Waals surface area (Å²) < 4.78 is 0. The molecule has 0 spiro atoms. The molecule has 0 amide bonds. The molecule has 0 saturated carbocycles. The minimum Gasteiger partial charge on any atom is -0.742 e. The third-order valence-electron chi connectivity index (χ3n) is 1.90. The summed E-state index contributed by atoms with van der Waals surface area (Å²) in [6.45, 7) is 0. The Kier molecular flexibility index (Phi) is 29.7. The standard InChI is InChI=1S/3C4H6O4S.2Au/c3*5-2(4(7)8)1-3(6)9;;/h3*2,5H,1H2,(H,6,9)(H,7,8);;/q;;;2*+3/p-6. The molecule has 0 aliphatic heterocycles. The van der Waals surface area contributed by atoms with Gasteiger partial charge in [-0.15, -0.1) is 0 Å². The van der Waals surface area contributed by atoms with Gasteiger partial charge in [-0.25, -0.2) is 0 Å². The molecule has 12 nitrogen and oxygen atoms in total. The van der Waals surface area contributed by atoms with Crippen LogP contribution < -0.4 is 15.3 Å². The van der Waals surface area contributed by atoms with E-state index >= 15 is 0 Å². The topological polar surface area (TPSA) is 232 Å². The van der Waals surface area contributed by atoms with Crippen molar-refractivity contribution in [3.8, 4) is 0 Å². The second-order valence-electron chi connectivity index (χ2n) is 4.23. The molecule has 0 aromatic carbocycles. The van der Waals surface area contributed by atoms with Gasteiger partial charge in [-0.2, -0.15) is 0 Å². The van der Waals surface area contributed by atoms with Crippen LogP contribution in [0.15, 0.2) is 0 Å². The molecule has 0 saturated heterocycles. The number of carboxylic acids is 3. The summed E-state index contributed by atoms with van der Waals surface area (Å²) in [7, 11) is 0. The molecule has 0 radical (unpaired) electrons. The Hall–Kier alpha value is -0.559. The maximum Gasteiger partial charge on any atom is 3.00 e. The van der Waals surface area contributed by atoms with Crippen LogP contribution in [0.5, 0.6) is 0 Å². The van der Waals surface area contributed by atoms with Crippen molar-refractivity contribution in [2.24, 2.45) is 0 Å². The average molecular weight is 838 g/mol. The third-order valence-corrected chi connectivity index (χ3v) is 2.40. The van der Waals surface area contributed by atoms with Crippen molar-refractivity contribution in [1.29, 1.82) is 0 Å². The Balaban J connectivity index is -0.0000000960. The third kappa shape index (κ3) is 32.3. The smallest absolute Gasteiger partial charge is 0.742 e. The molecular weight excluding hydrogens is 826 g/mol. The second-order valence-corrected chi connectivity index (χ2v) is 5.60. The van der Waals surface area contributed by atoms with Crippen molar-refractivity contribution >= 4 is 71.1 Å². The number of hydrogen-bond donors (Lipinski definition) is 3. The Morgan fingerprint density at radius 3 is 0.724 bits per heavy atom. The summed E-state index contributed by atoms with van der Waals surface area (Å²) in [6, 6.07) is 0. The van der Waals surface area contributed by atoms with Crippen LogP contribution in [0.1, 0.15) is 19.3 Å². The number of aliphatic hydroxyl groups is 3. The zero-order chi connectivity index (χ0) is 22.3. The maximum atomic E-state index is 9.92. The minimum absolute atomic E-state index is 0. The molecule has 3 N–H and O–H groups in total. The first-order valence-electron chi connectivity index (χ1n) is 6.38. The summed E-state index contributed by atoms with van der Waals surface area (Å²) in [5, 5.41) is 51.7. The summed E-state index contributed by atoms with van der Waals surface area (Å²) >= 11 is 12.0. The van der Waals surface area contributed by atoms with E-state index in [1.165, 1.54) is 0 Å². The average Bonchev–Trinajstić information content (AvgIpc) is 2.46. The molecule has 3 unspecified atom stereocenters. The zero-order valence-electron chi connectivity index (χ0n) is 13.7. The van der Waals surface area contributed by atoms with Gasteiger partial charge in [0.05, 0.1) is 36.2 Å². The number of carbonyl (C=O) groups is 6. The van der Waals surface area contributed by atoms with Crippen molar-refractivity contribution in [2.75, 3.05) is 0 Å². The monoisotopic (exact) mass is 838 g/mol. The molecular formula is C12H12Au2O12S3. The number of carbonyl (C=O) groups excluding carboxylic acids is 6. The van der Waals surface area contributed by atoms with Crippen LogP contribution in [0.3, 0.4) is 0 Å². The number of aliphatic hydroxyl groups excluding tert-OH is 3. The molecule has 17 heteroatoms. The number of hydrogen-bond acceptors (Lipinski definition) is 15. The number of aliphatic carboxylic acids is 3. The van der Waals surface area contributed by atoms with Gasteiger partial charge in [0.2, 0.25) is 0 Å². The summed E-state index contributed by atoms with van der Waals surface area (Å²) in [4.78, 5) is 58.8. The normalized spacial score (nSPS) is 11.7. The van der Waals surface area contributed by atoms with E-state index in [4.69, 9.17) is 15.3 Å². The van der Waals surface area contributed by atoms with Gasteiger partial charge in [0.25, 0.3) is 0 Å². The predicted molar refractivity (Wildman–Crippen MR) is 84.0 cm³/mol. The van der Waals surface area contributed by atoms with Crippen LogP contribution in [0, 0.1) is 0 Å². The Labute approximate surface area is 211 Å². The molecule has 0 aliphatic carbocycles. The van der Waals surface area contributed by atoms with E-state index in [2.05, 4.69) is 37.9 Å². The summed E-state index contributed by atoms with van der Waals surface area (Å²) in [5.41, 5.74) is 0. The van der Waals surface area contributed by atoms with Gasteiger partial charge in [-0.05, 0) is 0 Å². The largest absolute Gasteiger partial charge is 3.00 e. The molecule has 0 bridgehead atoms. The molecule has 29 heavy (non-hydrogen) atoms. The molecule has 0 heterocycles. The van der Waals surface area contributed by atoms with Crippen LogP contribution in [-0.2, 0) is 111 Å². The summed E-state index contributed by atoms with van der Waals surface area (Å²) in [5.74, 6) is -5.02. The van der Waals surface area contributed by atoms with E-state index < -0.39 is 70.8 Å². The van der Waals surface area contributed by atoms with E-state index in [1.54, 1.807) is 0 Å². The van der Waals surface area contributed by atoms with Gasteiger partial charge in [0, 0.05) is 34.6 Å².